The molecule has 1 fully saturated rings. The van der Waals surface area contributed by atoms with Crippen molar-refractivity contribution in [1.82, 2.24) is 10.2 Å². The molecule has 0 bridgehead atoms. The van der Waals surface area contributed by atoms with E-state index in [0.717, 1.165) is 26.1 Å². The maximum Gasteiger partial charge on any atom is 0.327 e. The first-order valence-electron chi connectivity index (χ1n) is 7.12. The third-order valence-corrected chi connectivity index (χ3v) is 3.44. The van der Waals surface area contributed by atoms with Gasteiger partial charge in [0.05, 0.1) is 19.3 Å². The van der Waals surface area contributed by atoms with Gasteiger partial charge < -0.3 is 14.8 Å². The summed E-state index contributed by atoms with van der Waals surface area (Å²) in [5, 5.41) is 3.32. The van der Waals surface area contributed by atoms with Gasteiger partial charge in [-0.2, -0.15) is 0 Å². The van der Waals surface area contributed by atoms with E-state index in [9.17, 15) is 4.79 Å². The van der Waals surface area contributed by atoms with Crippen molar-refractivity contribution in [3.05, 3.63) is 0 Å². The molecule has 1 rings (SSSR count). The van der Waals surface area contributed by atoms with Crippen molar-refractivity contribution in [3.63, 3.8) is 0 Å². The molecule has 5 heteroatoms. The van der Waals surface area contributed by atoms with Gasteiger partial charge in [0.15, 0.2) is 0 Å². The molecule has 0 radical (unpaired) electrons. The minimum absolute atomic E-state index is 0.201. The summed E-state index contributed by atoms with van der Waals surface area (Å²) in [6.07, 6.45) is 1.40. The number of morpholine rings is 1. The molecule has 0 aromatic carbocycles. The second kappa shape index (κ2) is 7.22. The molecule has 0 saturated carbocycles. The maximum absolute atomic E-state index is 12.0. The number of ether oxygens (including phenoxy) is 2. The molecule has 112 valence electrons. The molecule has 19 heavy (non-hydrogen) atoms. The Bertz CT molecular complexity index is 288. The number of rotatable bonds is 6. The molecule has 1 saturated heterocycles. The normalized spacial score (nSPS) is 27.8. The highest BCUT2D eigenvalue weighted by atomic mass is 16.5. The number of carbonyl (C=O) groups excluding carboxylic acids is 1. The molecular weight excluding hydrogens is 244 g/mol. The first-order valence-corrected chi connectivity index (χ1v) is 7.12. The van der Waals surface area contributed by atoms with Crippen LogP contribution in [0, 0.1) is 0 Å². The lowest BCUT2D eigenvalue weighted by Gasteiger charge is -2.40. The molecular formula is C14H28N2O3. The summed E-state index contributed by atoms with van der Waals surface area (Å²) in [4.78, 5) is 14.3. The molecule has 0 aromatic heterocycles. The lowest BCUT2D eigenvalue weighted by molar-refractivity contribution is -0.150. The van der Waals surface area contributed by atoms with Gasteiger partial charge in [0.1, 0.15) is 5.54 Å². The Labute approximate surface area is 116 Å². The third kappa shape index (κ3) is 4.75. The van der Waals surface area contributed by atoms with E-state index in [1.807, 2.05) is 6.92 Å². The summed E-state index contributed by atoms with van der Waals surface area (Å²) < 4.78 is 10.7. The molecule has 3 atom stereocenters. The van der Waals surface area contributed by atoms with Gasteiger partial charge in [0.2, 0.25) is 0 Å². The van der Waals surface area contributed by atoms with Crippen molar-refractivity contribution in [1.29, 1.82) is 0 Å². The molecule has 1 aliphatic rings. The lowest BCUT2D eigenvalue weighted by Crippen LogP contribution is -2.60. The van der Waals surface area contributed by atoms with E-state index in [0.29, 0.717) is 6.54 Å². The zero-order valence-electron chi connectivity index (χ0n) is 12.9. The van der Waals surface area contributed by atoms with Crippen LogP contribution in [0.3, 0.4) is 0 Å². The zero-order chi connectivity index (χ0) is 14.5. The van der Waals surface area contributed by atoms with Crippen LogP contribution < -0.4 is 5.32 Å². The van der Waals surface area contributed by atoms with Gasteiger partial charge in [0.25, 0.3) is 0 Å². The van der Waals surface area contributed by atoms with Gasteiger partial charge in [-0.1, -0.05) is 6.92 Å². The molecule has 0 amide bonds. The van der Waals surface area contributed by atoms with Crippen LogP contribution in [0.15, 0.2) is 0 Å². The monoisotopic (exact) mass is 272 g/mol. The number of esters is 1. The van der Waals surface area contributed by atoms with Gasteiger partial charge in [-0.15, -0.1) is 0 Å². The Kier molecular flexibility index (Phi) is 6.23. The Morgan fingerprint density at radius 3 is 2.47 bits per heavy atom. The molecule has 1 N–H and O–H groups in total. The van der Waals surface area contributed by atoms with E-state index in [2.05, 4.69) is 31.0 Å². The smallest absolute Gasteiger partial charge is 0.327 e. The van der Waals surface area contributed by atoms with Gasteiger partial charge in [0, 0.05) is 19.6 Å². The van der Waals surface area contributed by atoms with E-state index >= 15 is 0 Å². The van der Waals surface area contributed by atoms with Crippen molar-refractivity contribution in [3.8, 4) is 0 Å². The SMILES string of the molecule is CCCNC(C)(CN1CC(C)OC(C)C1)C(=O)OC. The third-order valence-electron chi connectivity index (χ3n) is 3.44. The molecule has 0 aromatic rings. The predicted molar refractivity (Wildman–Crippen MR) is 75.2 cm³/mol. The van der Waals surface area contributed by atoms with Crippen molar-refractivity contribution < 1.29 is 14.3 Å². The van der Waals surface area contributed by atoms with Gasteiger partial charge in [-0.05, 0) is 33.7 Å². The van der Waals surface area contributed by atoms with E-state index < -0.39 is 5.54 Å². The van der Waals surface area contributed by atoms with E-state index in [1.54, 1.807) is 0 Å². The number of nitrogens with zero attached hydrogens (tertiary/aromatic N) is 1. The number of hydrogen-bond acceptors (Lipinski definition) is 5. The molecule has 5 nitrogen and oxygen atoms in total. The molecule has 1 aliphatic heterocycles. The number of methoxy groups -OCH3 is 1. The average molecular weight is 272 g/mol. The van der Waals surface area contributed by atoms with Crippen molar-refractivity contribution in [2.75, 3.05) is 33.3 Å². The molecule has 3 unspecified atom stereocenters. The first-order chi connectivity index (χ1) is 8.91. The van der Waals surface area contributed by atoms with Crippen LogP contribution in [-0.4, -0.2) is 61.9 Å². The zero-order valence-corrected chi connectivity index (χ0v) is 12.9. The Morgan fingerprint density at radius 2 is 2.00 bits per heavy atom. The molecule has 1 heterocycles. The van der Waals surface area contributed by atoms with E-state index in [4.69, 9.17) is 9.47 Å². The summed E-state index contributed by atoms with van der Waals surface area (Å²) in [7, 11) is 1.44. The quantitative estimate of drug-likeness (QED) is 0.732. The average Bonchev–Trinajstić information content (AvgIpc) is 2.34. The maximum atomic E-state index is 12.0. The van der Waals surface area contributed by atoms with Crippen LogP contribution >= 0.6 is 0 Å². The van der Waals surface area contributed by atoms with Crippen LogP contribution in [0.2, 0.25) is 0 Å². The predicted octanol–water partition coefficient (Wildman–Crippen LogP) is 1.03. The largest absolute Gasteiger partial charge is 0.468 e. The topological polar surface area (TPSA) is 50.8 Å². The van der Waals surface area contributed by atoms with Crippen LogP contribution in [0.4, 0.5) is 0 Å². The molecule has 0 aliphatic carbocycles. The fourth-order valence-corrected chi connectivity index (χ4v) is 2.68. The Hall–Kier alpha value is -0.650. The minimum atomic E-state index is -0.651. The highest BCUT2D eigenvalue weighted by Crippen LogP contribution is 2.16. The van der Waals surface area contributed by atoms with Crippen LogP contribution in [0.25, 0.3) is 0 Å². The summed E-state index contributed by atoms with van der Waals surface area (Å²) in [6.45, 7) is 11.3. The van der Waals surface area contributed by atoms with Crippen LogP contribution in [-0.2, 0) is 14.3 Å². The lowest BCUT2D eigenvalue weighted by atomic mass is 10.0. The van der Waals surface area contributed by atoms with Crippen molar-refractivity contribution in [2.45, 2.75) is 51.9 Å². The minimum Gasteiger partial charge on any atom is -0.468 e. The summed E-state index contributed by atoms with van der Waals surface area (Å²) in [5.41, 5.74) is -0.651. The first kappa shape index (κ1) is 16.4. The highest BCUT2D eigenvalue weighted by molar-refractivity contribution is 5.80. The highest BCUT2D eigenvalue weighted by Gasteiger charge is 2.37. The van der Waals surface area contributed by atoms with Gasteiger partial charge >= 0.3 is 5.97 Å². The van der Waals surface area contributed by atoms with Gasteiger partial charge in [-0.25, -0.2) is 0 Å². The summed E-state index contributed by atoms with van der Waals surface area (Å²) in [5.74, 6) is -0.201. The van der Waals surface area contributed by atoms with Gasteiger partial charge in [-0.3, -0.25) is 9.69 Å². The Balaban J connectivity index is 2.68. The van der Waals surface area contributed by atoms with Crippen LogP contribution in [0.1, 0.15) is 34.1 Å². The Morgan fingerprint density at radius 1 is 1.42 bits per heavy atom. The second-order valence-electron chi connectivity index (χ2n) is 5.70. The van der Waals surface area contributed by atoms with Crippen LogP contribution in [0.5, 0.6) is 0 Å². The fourth-order valence-electron chi connectivity index (χ4n) is 2.68. The molecule has 0 spiro atoms. The second-order valence-corrected chi connectivity index (χ2v) is 5.70. The number of carbonyl (C=O) groups is 1. The van der Waals surface area contributed by atoms with Crippen molar-refractivity contribution in [2.24, 2.45) is 0 Å². The summed E-state index contributed by atoms with van der Waals surface area (Å²) in [6, 6.07) is 0. The van der Waals surface area contributed by atoms with E-state index in [-0.39, 0.29) is 18.2 Å². The van der Waals surface area contributed by atoms with E-state index in [1.165, 1.54) is 7.11 Å². The number of hydrogen-bond donors (Lipinski definition) is 1. The number of nitrogens with one attached hydrogen (secondary N) is 1. The standard InChI is InChI=1S/C14H28N2O3/c1-6-7-15-14(4,13(17)18-5)10-16-8-11(2)19-12(3)9-16/h11-12,15H,6-10H2,1-5H3. The fraction of sp³-hybridized carbons (Fsp3) is 0.929. The van der Waals surface area contributed by atoms with Crippen molar-refractivity contribution >= 4 is 5.97 Å². The summed E-state index contributed by atoms with van der Waals surface area (Å²) >= 11 is 0.